The molecule has 2 N–H and O–H groups in total. The van der Waals surface area contributed by atoms with Gasteiger partial charge in [-0.15, -0.1) is 0 Å². The lowest BCUT2D eigenvalue weighted by molar-refractivity contribution is -0.161. The number of nitrogens with zero attached hydrogens (tertiary/aromatic N) is 1. The third-order valence-corrected chi connectivity index (χ3v) is 8.88. The second-order valence-corrected chi connectivity index (χ2v) is 11.5. The standard InChI is InChI=1S/C29H41NO6/c1-18-9-7-11-28(4)24(36-28)16-22(19(2)15-21-10-5-6-14-30-21)35-25(32)17-23(31)29(12-8-13-29)27(34)20(3)26(18)33/h5-6,10,14-15,18,20,22-24,26,31,33H,7-9,11-13,16-17H2,1-4H3/b19-15+/t18-,20-,22+,23-,24?,26+,28+/m0/s1. The van der Waals surface area contributed by atoms with Crippen LogP contribution in [0, 0.1) is 17.3 Å². The van der Waals surface area contributed by atoms with E-state index in [0.29, 0.717) is 19.3 Å². The Morgan fingerprint density at radius 2 is 1.89 bits per heavy atom. The molecule has 1 spiro atoms. The molecule has 3 aliphatic rings. The van der Waals surface area contributed by atoms with Crippen molar-refractivity contribution in [1.82, 2.24) is 4.98 Å². The average molecular weight is 500 g/mol. The third kappa shape index (κ3) is 5.58. The fourth-order valence-electron chi connectivity index (χ4n) is 6.03. The number of pyridine rings is 1. The lowest BCUT2D eigenvalue weighted by atomic mass is 9.58. The number of hydrogen-bond acceptors (Lipinski definition) is 7. The number of carbonyl (C=O) groups is 2. The van der Waals surface area contributed by atoms with Gasteiger partial charge in [0.1, 0.15) is 11.9 Å². The van der Waals surface area contributed by atoms with Gasteiger partial charge >= 0.3 is 5.97 Å². The van der Waals surface area contributed by atoms with E-state index in [-0.39, 0.29) is 29.8 Å². The van der Waals surface area contributed by atoms with Crippen molar-refractivity contribution in [1.29, 1.82) is 0 Å². The first kappa shape index (κ1) is 27.0. The normalized spacial score (nSPS) is 38.1. The summed E-state index contributed by atoms with van der Waals surface area (Å²) in [5.74, 6) is -1.32. The lowest BCUT2D eigenvalue weighted by Crippen LogP contribution is -2.53. The van der Waals surface area contributed by atoms with Crippen molar-refractivity contribution < 1.29 is 29.3 Å². The fourth-order valence-corrected chi connectivity index (χ4v) is 6.03. The number of ketones is 1. The van der Waals surface area contributed by atoms with Crippen molar-refractivity contribution in [2.24, 2.45) is 17.3 Å². The molecule has 1 aromatic rings. The van der Waals surface area contributed by atoms with E-state index in [4.69, 9.17) is 9.47 Å². The molecule has 7 heteroatoms. The fraction of sp³-hybridized carbons (Fsp3) is 0.690. The molecular formula is C29H41NO6. The van der Waals surface area contributed by atoms with Gasteiger partial charge in [0.15, 0.2) is 0 Å². The van der Waals surface area contributed by atoms with Crippen LogP contribution in [0.5, 0.6) is 0 Å². The number of aliphatic hydroxyl groups is 2. The predicted molar refractivity (Wildman–Crippen MR) is 136 cm³/mol. The number of hydrogen-bond donors (Lipinski definition) is 2. The van der Waals surface area contributed by atoms with Gasteiger partial charge in [-0.2, -0.15) is 0 Å². The van der Waals surface area contributed by atoms with Crippen LogP contribution in [0.4, 0.5) is 0 Å². The summed E-state index contributed by atoms with van der Waals surface area (Å²) in [7, 11) is 0. The minimum atomic E-state index is -1.13. The first-order valence-electron chi connectivity index (χ1n) is 13.4. The monoisotopic (exact) mass is 499 g/mol. The summed E-state index contributed by atoms with van der Waals surface area (Å²) >= 11 is 0. The van der Waals surface area contributed by atoms with Gasteiger partial charge in [-0.3, -0.25) is 14.6 Å². The molecule has 7 atom stereocenters. The van der Waals surface area contributed by atoms with Crippen molar-refractivity contribution in [3.8, 4) is 0 Å². The van der Waals surface area contributed by atoms with Crippen molar-refractivity contribution >= 4 is 17.8 Å². The largest absolute Gasteiger partial charge is 0.458 e. The van der Waals surface area contributed by atoms with E-state index in [1.54, 1.807) is 13.1 Å². The average Bonchev–Trinajstić information content (AvgIpc) is 3.45. The van der Waals surface area contributed by atoms with E-state index in [0.717, 1.165) is 37.0 Å². The van der Waals surface area contributed by atoms with Gasteiger partial charge in [0.2, 0.25) is 0 Å². The summed E-state index contributed by atoms with van der Waals surface area (Å²) in [6.45, 7) is 7.73. The quantitative estimate of drug-likeness (QED) is 0.462. The van der Waals surface area contributed by atoms with Crippen LogP contribution >= 0.6 is 0 Å². The predicted octanol–water partition coefficient (Wildman–Crippen LogP) is 4.25. The number of epoxide rings is 1. The highest BCUT2D eigenvalue weighted by Gasteiger charge is 2.54. The zero-order valence-corrected chi connectivity index (χ0v) is 22.0. The number of rotatable bonds is 2. The van der Waals surface area contributed by atoms with Crippen LogP contribution in [-0.2, 0) is 19.1 Å². The Morgan fingerprint density at radius 3 is 2.53 bits per heavy atom. The Morgan fingerprint density at radius 1 is 1.14 bits per heavy atom. The van der Waals surface area contributed by atoms with E-state index in [9.17, 15) is 19.8 Å². The van der Waals surface area contributed by atoms with Gasteiger partial charge in [0, 0.05) is 18.5 Å². The molecule has 1 saturated carbocycles. The highest BCUT2D eigenvalue weighted by Crippen LogP contribution is 2.49. The molecule has 1 aromatic heterocycles. The Labute approximate surface area is 214 Å². The van der Waals surface area contributed by atoms with E-state index in [1.165, 1.54) is 0 Å². The number of esters is 1. The minimum Gasteiger partial charge on any atom is -0.458 e. The van der Waals surface area contributed by atoms with Gasteiger partial charge in [-0.1, -0.05) is 32.8 Å². The molecule has 1 aliphatic carbocycles. The van der Waals surface area contributed by atoms with Crippen molar-refractivity contribution in [2.75, 3.05) is 0 Å². The van der Waals surface area contributed by atoms with Gasteiger partial charge in [0.25, 0.3) is 0 Å². The van der Waals surface area contributed by atoms with E-state index < -0.39 is 35.6 Å². The summed E-state index contributed by atoms with van der Waals surface area (Å²) in [5, 5.41) is 22.0. The molecule has 2 aliphatic heterocycles. The van der Waals surface area contributed by atoms with Crippen LogP contribution in [0.1, 0.15) is 84.8 Å². The van der Waals surface area contributed by atoms with Crippen LogP contribution in [0.3, 0.4) is 0 Å². The molecule has 3 fully saturated rings. The SMILES string of the molecule is C/C(=C\c1ccccn1)[C@H]1CC2O[C@]2(C)CCC[C@H](C)[C@@H](O)[C@H](C)C(=O)C2(CCC2)[C@@H](O)CC(=O)O1. The molecule has 0 radical (unpaired) electrons. The van der Waals surface area contributed by atoms with Crippen LogP contribution < -0.4 is 0 Å². The van der Waals surface area contributed by atoms with E-state index >= 15 is 0 Å². The summed E-state index contributed by atoms with van der Waals surface area (Å²) in [4.78, 5) is 30.9. The highest BCUT2D eigenvalue weighted by molar-refractivity contribution is 5.89. The summed E-state index contributed by atoms with van der Waals surface area (Å²) in [6.07, 6.45) is 5.80. The molecule has 0 aromatic carbocycles. The number of ether oxygens (including phenoxy) is 2. The number of cyclic esters (lactones) is 1. The van der Waals surface area contributed by atoms with Crippen LogP contribution in [0.15, 0.2) is 30.0 Å². The molecule has 7 nitrogen and oxygen atoms in total. The van der Waals surface area contributed by atoms with Gasteiger partial charge < -0.3 is 19.7 Å². The van der Waals surface area contributed by atoms with Gasteiger partial charge in [-0.05, 0) is 69.2 Å². The van der Waals surface area contributed by atoms with Gasteiger partial charge in [0.05, 0.1) is 41.4 Å². The number of fused-ring (bicyclic) bond motifs is 1. The third-order valence-electron chi connectivity index (χ3n) is 8.88. The van der Waals surface area contributed by atoms with E-state index in [1.807, 2.05) is 38.1 Å². The molecule has 1 unspecified atom stereocenters. The lowest BCUT2D eigenvalue weighted by Gasteiger charge is -2.46. The maximum atomic E-state index is 13.5. The zero-order chi connectivity index (χ0) is 26.1. The first-order valence-corrected chi connectivity index (χ1v) is 13.4. The minimum absolute atomic E-state index is 0.0427. The number of aromatic nitrogens is 1. The molecule has 3 heterocycles. The first-order chi connectivity index (χ1) is 17.1. The van der Waals surface area contributed by atoms with Crippen molar-refractivity contribution in [3.63, 3.8) is 0 Å². The van der Waals surface area contributed by atoms with Crippen LogP contribution in [-0.4, -0.2) is 57.0 Å². The van der Waals surface area contributed by atoms with Crippen molar-refractivity contribution in [2.45, 2.75) is 109 Å². The maximum Gasteiger partial charge on any atom is 0.309 e. The number of carbonyl (C=O) groups excluding carboxylic acids is 2. The molecule has 2 saturated heterocycles. The topological polar surface area (TPSA) is 109 Å². The highest BCUT2D eigenvalue weighted by atomic mass is 16.6. The Hall–Kier alpha value is -2.09. The second kappa shape index (κ2) is 10.7. The molecule has 4 rings (SSSR count). The number of aliphatic hydroxyl groups excluding tert-OH is 2. The smallest absolute Gasteiger partial charge is 0.309 e. The number of Topliss-reactive ketones (excluding diaryl/α,β-unsaturated/α-hetero) is 1. The van der Waals surface area contributed by atoms with Crippen molar-refractivity contribution in [3.05, 3.63) is 35.7 Å². The Bertz CT molecular complexity index is 973. The van der Waals surface area contributed by atoms with Gasteiger partial charge in [-0.25, -0.2) is 0 Å². The zero-order valence-electron chi connectivity index (χ0n) is 22.0. The Balaban J connectivity index is 1.58. The maximum absolute atomic E-state index is 13.5. The molecule has 0 amide bonds. The molecule has 0 bridgehead atoms. The van der Waals surface area contributed by atoms with Crippen LogP contribution in [0.25, 0.3) is 6.08 Å². The molecule has 198 valence electrons. The molecule has 36 heavy (non-hydrogen) atoms. The van der Waals surface area contributed by atoms with Crippen LogP contribution in [0.2, 0.25) is 0 Å². The Kier molecular flexibility index (Phi) is 8.03. The second-order valence-electron chi connectivity index (χ2n) is 11.5. The summed E-state index contributed by atoms with van der Waals surface area (Å²) in [5.41, 5.74) is 0.353. The summed E-state index contributed by atoms with van der Waals surface area (Å²) < 4.78 is 12.0. The summed E-state index contributed by atoms with van der Waals surface area (Å²) in [6, 6.07) is 5.65. The molecular weight excluding hydrogens is 458 g/mol. The van der Waals surface area contributed by atoms with E-state index in [2.05, 4.69) is 11.9 Å².